The lowest BCUT2D eigenvalue weighted by Crippen LogP contribution is -2.30. The van der Waals surface area contributed by atoms with E-state index in [1.165, 1.54) is 32.1 Å². The Morgan fingerprint density at radius 3 is 2.73 bits per heavy atom. The van der Waals surface area contributed by atoms with E-state index in [0.29, 0.717) is 0 Å². The fraction of sp³-hybridized carbons (Fsp3) is 0.875. The molecule has 0 atom stereocenters. The zero-order chi connectivity index (χ0) is 7.52. The maximum Gasteiger partial charge on any atom is 0.0874 e. The van der Waals surface area contributed by atoms with Crippen LogP contribution in [0.5, 0.6) is 0 Å². The predicted octanol–water partition coefficient (Wildman–Crippen LogP) is 2.27. The average Bonchev–Trinajstić information content (AvgIpc) is 2.58. The van der Waals surface area contributed by atoms with Crippen molar-refractivity contribution < 1.29 is 0 Å². The molecule has 0 aromatic carbocycles. The molecular formula is C8H14N2S. The lowest BCUT2D eigenvalue weighted by molar-refractivity contribution is 0.195. The Labute approximate surface area is 72.0 Å². The van der Waals surface area contributed by atoms with Gasteiger partial charge in [0.25, 0.3) is 0 Å². The molecule has 0 unspecified atom stereocenters. The van der Waals surface area contributed by atoms with Gasteiger partial charge in [0.05, 0.1) is 11.4 Å². The van der Waals surface area contributed by atoms with Crippen LogP contribution >= 0.6 is 11.8 Å². The number of hydrogen-bond donors (Lipinski definition) is 0. The molecule has 1 fully saturated rings. The van der Waals surface area contributed by atoms with E-state index in [-0.39, 0.29) is 0 Å². The van der Waals surface area contributed by atoms with Crippen molar-refractivity contribution in [1.82, 2.24) is 5.01 Å². The minimum absolute atomic E-state index is 0.759. The molecule has 2 aliphatic rings. The molecule has 1 aliphatic heterocycles. The third-order valence-electron chi connectivity index (χ3n) is 2.47. The van der Waals surface area contributed by atoms with Crippen LogP contribution in [0.4, 0.5) is 0 Å². The summed E-state index contributed by atoms with van der Waals surface area (Å²) in [6.45, 7) is 0. The molecule has 0 N–H and O–H groups in total. The molecule has 1 saturated carbocycles. The van der Waals surface area contributed by atoms with Gasteiger partial charge in [-0.2, -0.15) is 5.10 Å². The van der Waals surface area contributed by atoms with Crippen molar-refractivity contribution in [2.45, 2.75) is 38.1 Å². The monoisotopic (exact) mass is 170 g/mol. The summed E-state index contributed by atoms with van der Waals surface area (Å²) in [6, 6.07) is 0.759. The van der Waals surface area contributed by atoms with E-state index >= 15 is 0 Å². The Hall–Kier alpha value is -0.180. The quantitative estimate of drug-likeness (QED) is 0.600. The number of hydrogen-bond acceptors (Lipinski definition) is 3. The lowest BCUT2D eigenvalue weighted by Gasteiger charge is -2.28. The smallest absolute Gasteiger partial charge is 0.0874 e. The first-order valence-electron chi connectivity index (χ1n) is 4.37. The third kappa shape index (κ3) is 1.70. The zero-order valence-electron chi connectivity index (χ0n) is 6.70. The molecule has 2 rings (SSSR count). The Kier molecular flexibility index (Phi) is 2.36. The fourth-order valence-corrected chi connectivity index (χ4v) is 2.50. The van der Waals surface area contributed by atoms with Gasteiger partial charge in [-0.15, -0.1) is 0 Å². The van der Waals surface area contributed by atoms with E-state index in [4.69, 9.17) is 0 Å². The largest absolute Gasteiger partial charge is 0.283 e. The molecule has 0 saturated heterocycles. The zero-order valence-corrected chi connectivity index (χ0v) is 7.52. The van der Waals surface area contributed by atoms with E-state index in [0.717, 1.165) is 11.9 Å². The van der Waals surface area contributed by atoms with Crippen LogP contribution in [0.2, 0.25) is 0 Å². The summed E-state index contributed by atoms with van der Waals surface area (Å²) in [4.78, 5) is 0. The number of nitrogens with zero attached hydrogens (tertiary/aromatic N) is 2. The van der Waals surface area contributed by atoms with Crippen molar-refractivity contribution in [3.63, 3.8) is 0 Å². The molecular weight excluding hydrogens is 156 g/mol. The van der Waals surface area contributed by atoms with Gasteiger partial charge >= 0.3 is 0 Å². The predicted molar refractivity (Wildman–Crippen MR) is 49.7 cm³/mol. The SMILES string of the molecule is C1=NN(C2CCCCC2)CS1. The molecule has 0 radical (unpaired) electrons. The van der Waals surface area contributed by atoms with Gasteiger partial charge < -0.3 is 0 Å². The second-order valence-corrected chi connectivity index (χ2v) is 4.05. The van der Waals surface area contributed by atoms with E-state index in [1.54, 1.807) is 0 Å². The molecule has 0 aromatic rings. The van der Waals surface area contributed by atoms with Crippen LogP contribution in [-0.4, -0.2) is 22.5 Å². The Morgan fingerprint density at radius 2 is 2.09 bits per heavy atom. The standard InChI is InChI=1S/C8H14N2S/c1-2-4-8(5-3-1)10-7-11-6-9-10/h6,8H,1-5,7H2. The van der Waals surface area contributed by atoms with Crippen LogP contribution in [0, 0.1) is 0 Å². The van der Waals surface area contributed by atoms with Gasteiger partial charge in [0.15, 0.2) is 0 Å². The molecule has 0 spiro atoms. The van der Waals surface area contributed by atoms with Gasteiger partial charge in [-0.25, -0.2) is 0 Å². The maximum absolute atomic E-state index is 4.33. The van der Waals surface area contributed by atoms with Gasteiger partial charge in [0.2, 0.25) is 0 Å². The van der Waals surface area contributed by atoms with Crippen molar-refractivity contribution >= 4 is 17.3 Å². The summed E-state index contributed by atoms with van der Waals surface area (Å²) in [7, 11) is 0. The summed E-state index contributed by atoms with van der Waals surface area (Å²) < 4.78 is 0. The van der Waals surface area contributed by atoms with Crippen LogP contribution in [0.15, 0.2) is 5.10 Å². The maximum atomic E-state index is 4.33. The number of rotatable bonds is 1. The Balaban J connectivity index is 1.87. The highest BCUT2D eigenvalue weighted by Crippen LogP contribution is 2.25. The van der Waals surface area contributed by atoms with Gasteiger partial charge in [-0.3, -0.25) is 5.01 Å². The van der Waals surface area contributed by atoms with E-state index < -0.39 is 0 Å². The summed E-state index contributed by atoms with van der Waals surface area (Å²) >= 11 is 1.81. The lowest BCUT2D eigenvalue weighted by atomic mass is 9.95. The van der Waals surface area contributed by atoms with E-state index in [2.05, 4.69) is 10.1 Å². The van der Waals surface area contributed by atoms with Gasteiger partial charge in [0, 0.05) is 6.04 Å². The molecule has 1 aliphatic carbocycles. The van der Waals surface area contributed by atoms with Gasteiger partial charge in [0.1, 0.15) is 0 Å². The first-order chi connectivity index (χ1) is 5.47. The Bertz CT molecular complexity index is 152. The van der Waals surface area contributed by atoms with Crippen LogP contribution in [0.3, 0.4) is 0 Å². The first-order valence-corrected chi connectivity index (χ1v) is 5.42. The first kappa shape index (κ1) is 7.47. The van der Waals surface area contributed by atoms with Gasteiger partial charge in [-0.05, 0) is 12.8 Å². The average molecular weight is 170 g/mol. The van der Waals surface area contributed by atoms with E-state index in [1.807, 2.05) is 17.3 Å². The summed E-state index contributed by atoms with van der Waals surface area (Å²) in [5, 5.41) is 6.58. The normalized spacial score (nSPS) is 26.4. The van der Waals surface area contributed by atoms with Crippen molar-refractivity contribution in [1.29, 1.82) is 0 Å². The summed E-state index contributed by atoms with van der Waals surface area (Å²) in [5.74, 6) is 1.09. The highest BCUT2D eigenvalue weighted by molar-refractivity contribution is 8.12. The molecule has 11 heavy (non-hydrogen) atoms. The van der Waals surface area contributed by atoms with Gasteiger partial charge in [-0.1, -0.05) is 31.0 Å². The summed E-state index contributed by atoms with van der Waals surface area (Å²) in [6.07, 6.45) is 6.96. The molecule has 62 valence electrons. The Morgan fingerprint density at radius 1 is 1.27 bits per heavy atom. The second-order valence-electron chi connectivity index (χ2n) is 3.25. The second kappa shape index (κ2) is 3.48. The fourth-order valence-electron chi connectivity index (χ4n) is 1.82. The molecule has 0 aromatic heterocycles. The van der Waals surface area contributed by atoms with E-state index in [9.17, 15) is 0 Å². The minimum Gasteiger partial charge on any atom is -0.283 e. The summed E-state index contributed by atoms with van der Waals surface area (Å²) in [5.41, 5.74) is 1.97. The number of thioether (sulfide) groups is 1. The topological polar surface area (TPSA) is 15.6 Å². The van der Waals surface area contributed by atoms with Crippen molar-refractivity contribution in [2.24, 2.45) is 5.10 Å². The van der Waals surface area contributed by atoms with Crippen molar-refractivity contribution in [3.8, 4) is 0 Å². The highest BCUT2D eigenvalue weighted by atomic mass is 32.2. The van der Waals surface area contributed by atoms with Crippen LogP contribution in [0.25, 0.3) is 0 Å². The van der Waals surface area contributed by atoms with Crippen LogP contribution in [-0.2, 0) is 0 Å². The number of hydrazone groups is 1. The highest BCUT2D eigenvalue weighted by Gasteiger charge is 2.20. The molecule has 3 heteroatoms. The molecule has 0 bridgehead atoms. The van der Waals surface area contributed by atoms with Crippen LogP contribution < -0.4 is 0 Å². The van der Waals surface area contributed by atoms with Crippen LogP contribution in [0.1, 0.15) is 32.1 Å². The molecule has 1 heterocycles. The van der Waals surface area contributed by atoms with Crippen molar-refractivity contribution in [3.05, 3.63) is 0 Å². The minimum atomic E-state index is 0.759. The third-order valence-corrected chi connectivity index (χ3v) is 3.13. The molecule has 0 amide bonds. The van der Waals surface area contributed by atoms with Crippen molar-refractivity contribution in [2.75, 3.05) is 5.88 Å². The molecule has 2 nitrogen and oxygen atoms in total.